The molecule has 1 heterocycles. The van der Waals surface area contributed by atoms with Crippen LogP contribution < -0.4 is 10.6 Å². The lowest BCUT2D eigenvalue weighted by molar-refractivity contribution is 0.101. The Morgan fingerprint density at radius 2 is 1.88 bits per heavy atom. The monoisotopic (exact) mass is 328 g/mol. The molecule has 1 aromatic carbocycles. The van der Waals surface area contributed by atoms with E-state index in [9.17, 15) is 9.59 Å². The molecule has 0 saturated carbocycles. The number of anilines is 1. The summed E-state index contributed by atoms with van der Waals surface area (Å²) in [6, 6.07) is 6.50. The minimum absolute atomic E-state index is 0.000805. The van der Waals surface area contributed by atoms with Crippen molar-refractivity contribution in [3.8, 4) is 0 Å². The van der Waals surface area contributed by atoms with Crippen molar-refractivity contribution in [2.75, 3.05) is 5.32 Å². The number of Topliss-reactive ketones (excluding diaryl/α,β-unsaturated/α-hetero) is 1. The lowest BCUT2D eigenvalue weighted by atomic mass is 9.86. The van der Waals surface area contributed by atoms with Gasteiger partial charge in [0.2, 0.25) is 0 Å². The lowest BCUT2D eigenvalue weighted by Gasteiger charge is -2.31. The standard InChI is InChI=1S/C18H24N4O2/c1-13(23)14-5-7-15(8-6-14)20-17(24)21-16(18(2,3)4)11-22-10-9-19-12-22/h5-10,12,16H,11H2,1-4H3,(H2,20,21,24)/t16-/m1/s1. The van der Waals surface area contributed by atoms with Gasteiger partial charge in [-0.05, 0) is 36.6 Å². The Kier molecular flexibility index (Phi) is 5.39. The van der Waals surface area contributed by atoms with E-state index in [0.29, 0.717) is 17.8 Å². The van der Waals surface area contributed by atoms with Gasteiger partial charge in [-0.15, -0.1) is 0 Å². The van der Waals surface area contributed by atoms with E-state index in [4.69, 9.17) is 0 Å². The summed E-state index contributed by atoms with van der Waals surface area (Å²) in [6.45, 7) is 8.39. The number of hydrogen-bond acceptors (Lipinski definition) is 3. The number of benzene rings is 1. The summed E-state index contributed by atoms with van der Waals surface area (Å²) in [5.41, 5.74) is 1.15. The van der Waals surface area contributed by atoms with E-state index in [2.05, 4.69) is 36.4 Å². The molecule has 0 aliphatic rings. The highest BCUT2D eigenvalue weighted by molar-refractivity contribution is 5.95. The maximum Gasteiger partial charge on any atom is 0.319 e. The molecule has 0 unspecified atom stereocenters. The minimum Gasteiger partial charge on any atom is -0.335 e. The van der Waals surface area contributed by atoms with Gasteiger partial charge in [-0.2, -0.15) is 0 Å². The number of carbonyl (C=O) groups excluding carboxylic acids is 2. The van der Waals surface area contributed by atoms with Gasteiger partial charge in [0, 0.05) is 30.2 Å². The third-order valence-corrected chi connectivity index (χ3v) is 3.85. The summed E-state index contributed by atoms with van der Waals surface area (Å²) in [5, 5.41) is 5.82. The molecule has 0 aliphatic heterocycles. The zero-order valence-corrected chi connectivity index (χ0v) is 14.5. The Labute approximate surface area is 142 Å². The Hall–Kier alpha value is -2.63. The van der Waals surface area contributed by atoms with E-state index in [1.807, 2.05) is 10.8 Å². The number of carbonyl (C=O) groups is 2. The van der Waals surface area contributed by atoms with Crippen LogP contribution in [0.3, 0.4) is 0 Å². The topological polar surface area (TPSA) is 76.0 Å². The van der Waals surface area contributed by atoms with Gasteiger partial charge >= 0.3 is 6.03 Å². The number of amides is 2. The van der Waals surface area contributed by atoms with E-state index in [0.717, 1.165) is 0 Å². The summed E-state index contributed by atoms with van der Waals surface area (Å²) in [4.78, 5) is 27.6. The molecular formula is C18H24N4O2. The molecule has 128 valence electrons. The van der Waals surface area contributed by atoms with E-state index in [1.54, 1.807) is 36.8 Å². The van der Waals surface area contributed by atoms with Crippen molar-refractivity contribution in [3.05, 3.63) is 48.5 Å². The molecule has 2 rings (SSSR count). The van der Waals surface area contributed by atoms with Crippen molar-refractivity contribution in [1.82, 2.24) is 14.9 Å². The lowest BCUT2D eigenvalue weighted by Crippen LogP contribution is -2.47. The molecule has 0 aliphatic carbocycles. The van der Waals surface area contributed by atoms with Crippen LogP contribution in [-0.4, -0.2) is 27.4 Å². The van der Waals surface area contributed by atoms with Gasteiger partial charge in [-0.1, -0.05) is 20.8 Å². The maximum atomic E-state index is 12.3. The van der Waals surface area contributed by atoms with Crippen LogP contribution in [0.1, 0.15) is 38.1 Å². The molecule has 0 fully saturated rings. The minimum atomic E-state index is -0.273. The van der Waals surface area contributed by atoms with Crippen molar-refractivity contribution >= 4 is 17.5 Å². The van der Waals surface area contributed by atoms with Gasteiger partial charge in [-0.3, -0.25) is 4.79 Å². The van der Waals surface area contributed by atoms with E-state index >= 15 is 0 Å². The smallest absolute Gasteiger partial charge is 0.319 e. The normalized spacial score (nSPS) is 12.5. The highest BCUT2D eigenvalue weighted by Gasteiger charge is 2.26. The van der Waals surface area contributed by atoms with Crippen LogP contribution in [0.15, 0.2) is 43.0 Å². The van der Waals surface area contributed by atoms with Crippen molar-refractivity contribution in [3.63, 3.8) is 0 Å². The van der Waals surface area contributed by atoms with Crippen molar-refractivity contribution in [2.24, 2.45) is 5.41 Å². The van der Waals surface area contributed by atoms with Gasteiger partial charge in [-0.25, -0.2) is 9.78 Å². The number of nitrogens with one attached hydrogen (secondary N) is 2. The Morgan fingerprint density at radius 1 is 1.21 bits per heavy atom. The molecule has 1 atom stereocenters. The SMILES string of the molecule is CC(=O)c1ccc(NC(=O)N[C@H](Cn2ccnc2)C(C)(C)C)cc1. The molecule has 24 heavy (non-hydrogen) atoms. The van der Waals surface area contributed by atoms with Crippen LogP contribution in [0.25, 0.3) is 0 Å². The van der Waals surface area contributed by atoms with Gasteiger partial charge in [0.1, 0.15) is 0 Å². The molecule has 2 amide bonds. The Morgan fingerprint density at radius 3 is 2.38 bits per heavy atom. The van der Waals surface area contributed by atoms with Gasteiger partial charge < -0.3 is 15.2 Å². The van der Waals surface area contributed by atoms with Gasteiger partial charge in [0.25, 0.3) is 0 Å². The summed E-state index contributed by atoms with van der Waals surface area (Å²) in [7, 11) is 0. The predicted octanol–water partition coefficient (Wildman–Crippen LogP) is 3.32. The first-order valence-corrected chi connectivity index (χ1v) is 7.90. The van der Waals surface area contributed by atoms with Crippen molar-refractivity contribution in [2.45, 2.75) is 40.3 Å². The van der Waals surface area contributed by atoms with Gasteiger partial charge in [0.15, 0.2) is 5.78 Å². The van der Waals surface area contributed by atoms with Crippen molar-refractivity contribution in [1.29, 1.82) is 0 Å². The predicted molar refractivity (Wildman–Crippen MR) is 94.1 cm³/mol. The fourth-order valence-electron chi connectivity index (χ4n) is 2.26. The zero-order chi connectivity index (χ0) is 17.7. The first kappa shape index (κ1) is 17.7. The van der Waals surface area contributed by atoms with Crippen LogP contribution in [0.5, 0.6) is 0 Å². The summed E-state index contributed by atoms with van der Waals surface area (Å²) in [5.74, 6) is -0.000805. The quantitative estimate of drug-likeness (QED) is 0.827. The second-order valence-electron chi connectivity index (χ2n) is 6.91. The van der Waals surface area contributed by atoms with Crippen LogP contribution in [0.2, 0.25) is 0 Å². The summed E-state index contributed by atoms with van der Waals surface area (Å²) < 4.78 is 1.94. The molecule has 0 bridgehead atoms. The molecule has 0 saturated heterocycles. The zero-order valence-electron chi connectivity index (χ0n) is 14.5. The third-order valence-electron chi connectivity index (χ3n) is 3.85. The first-order valence-electron chi connectivity index (χ1n) is 7.90. The highest BCUT2D eigenvalue weighted by Crippen LogP contribution is 2.21. The molecule has 0 radical (unpaired) electrons. The second kappa shape index (κ2) is 7.29. The molecule has 2 N–H and O–H groups in total. The summed E-state index contributed by atoms with van der Waals surface area (Å²) >= 11 is 0. The summed E-state index contributed by atoms with van der Waals surface area (Å²) in [6.07, 6.45) is 5.33. The average Bonchev–Trinajstić information content (AvgIpc) is 2.99. The van der Waals surface area contributed by atoms with E-state index in [1.165, 1.54) is 6.92 Å². The number of aromatic nitrogens is 2. The fourth-order valence-corrected chi connectivity index (χ4v) is 2.26. The van der Waals surface area contributed by atoms with Crippen LogP contribution in [0.4, 0.5) is 10.5 Å². The number of ketones is 1. The third kappa shape index (κ3) is 4.94. The number of urea groups is 1. The maximum absolute atomic E-state index is 12.3. The second-order valence-corrected chi connectivity index (χ2v) is 6.91. The Bertz CT molecular complexity index is 685. The average molecular weight is 328 g/mol. The number of hydrogen-bond donors (Lipinski definition) is 2. The molecule has 0 spiro atoms. The highest BCUT2D eigenvalue weighted by atomic mass is 16.2. The fraction of sp³-hybridized carbons (Fsp3) is 0.389. The van der Waals surface area contributed by atoms with Crippen LogP contribution >= 0.6 is 0 Å². The number of imidazole rings is 1. The van der Waals surface area contributed by atoms with Crippen LogP contribution in [-0.2, 0) is 6.54 Å². The first-order chi connectivity index (χ1) is 11.3. The van der Waals surface area contributed by atoms with Crippen LogP contribution in [0, 0.1) is 5.41 Å². The number of nitrogens with zero attached hydrogens (tertiary/aromatic N) is 2. The number of rotatable bonds is 5. The molecule has 1 aromatic heterocycles. The molecule has 6 nitrogen and oxygen atoms in total. The molecule has 6 heteroatoms. The van der Waals surface area contributed by atoms with E-state index in [-0.39, 0.29) is 23.3 Å². The van der Waals surface area contributed by atoms with Gasteiger partial charge in [0.05, 0.1) is 12.4 Å². The molecule has 2 aromatic rings. The largest absolute Gasteiger partial charge is 0.335 e. The Balaban J connectivity index is 2.00. The molecular weight excluding hydrogens is 304 g/mol. The van der Waals surface area contributed by atoms with E-state index < -0.39 is 0 Å². The van der Waals surface area contributed by atoms with Crippen molar-refractivity contribution < 1.29 is 9.59 Å².